The number of hydrogen-bond donors (Lipinski definition) is 0. The van der Waals surface area contributed by atoms with Crippen molar-refractivity contribution in [1.29, 1.82) is 0 Å². The number of halogens is 1. The number of amides is 1. The largest absolute Gasteiger partial charge is 0.483 e. The molecular formula is C25H23BrN2O4. The third-order valence-electron chi connectivity index (χ3n) is 4.85. The van der Waals surface area contributed by atoms with Crippen LogP contribution in [0.25, 0.3) is 0 Å². The van der Waals surface area contributed by atoms with E-state index in [1.54, 1.807) is 11.1 Å². The molecule has 6 nitrogen and oxygen atoms in total. The molecule has 1 heterocycles. The van der Waals surface area contributed by atoms with Gasteiger partial charge in [0.05, 0.1) is 23.4 Å². The summed E-state index contributed by atoms with van der Waals surface area (Å²) in [7, 11) is 0. The molecule has 1 aliphatic rings. The van der Waals surface area contributed by atoms with E-state index >= 15 is 0 Å². The van der Waals surface area contributed by atoms with Crippen LogP contribution in [-0.2, 0) is 9.53 Å². The quantitative estimate of drug-likeness (QED) is 0.422. The lowest BCUT2D eigenvalue weighted by atomic mass is 10.2. The number of rotatable bonds is 7. The van der Waals surface area contributed by atoms with Crippen molar-refractivity contribution in [2.24, 2.45) is 4.99 Å². The average molecular weight is 495 g/mol. The van der Waals surface area contributed by atoms with E-state index in [0.29, 0.717) is 32.1 Å². The zero-order valence-corrected chi connectivity index (χ0v) is 19.0. The number of para-hydroxylation sites is 1. The van der Waals surface area contributed by atoms with Crippen LogP contribution >= 0.6 is 15.9 Å². The van der Waals surface area contributed by atoms with E-state index in [1.165, 1.54) is 0 Å². The first-order valence-corrected chi connectivity index (χ1v) is 11.1. The molecule has 32 heavy (non-hydrogen) atoms. The van der Waals surface area contributed by atoms with Gasteiger partial charge in [-0.2, -0.15) is 0 Å². The summed E-state index contributed by atoms with van der Waals surface area (Å²) in [5.41, 5.74) is 1.73. The molecule has 0 atom stereocenters. The van der Waals surface area contributed by atoms with E-state index in [9.17, 15) is 4.79 Å². The molecule has 0 spiro atoms. The van der Waals surface area contributed by atoms with Crippen molar-refractivity contribution in [3.8, 4) is 17.2 Å². The van der Waals surface area contributed by atoms with Crippen molar-refractivity contribution in [3.63, 3.8) is 0 Å². The standard InChI is InChI=1S/C25H23BrN2O4/c26-23-16-19(6-11-24(23)31-18-25(29)28-12-14-30-15-13-28)17-27-20-7-9-22(10-8-20)32-21-4-2-1-3-5-21/h1-11,16-17H,12-15,18H2. The van der Waals surface area contributed by atoms with Crippen molar-refractivity contribution >= 4 is 33.7 Å². The van der Waals surface area contributed by atoms with E-state index in [-0.39, 0.29) is 12.5 Å². The zero-order valence-electron chi connectivity index (χ0n) is 17.4. The summed E-state index contributed by atoms with van der Waals surface area (Å²) in [4.78, 5) is 18.5. The monoisotopic (exact) mass is 494 g/mol. The van der Waals surface area contributed by atoms with Crippen LogP contribution in [-0.4, -0.2) is 49.9 Å². The molecule has 0 bridgehead atoms. The van der Waals surface area contributed by atoms with Crippen LogP contribution in [0.5, 0.6) is 17.2 Å². The first-order chi connectivity index (χ1) is 15.7. The number of ether oxygens (including phenoxy) is 3. The van der Waals surface area contributed by atoms with Crippen molar-refractivity contribution in [2.45, 2.75) is 0 Å². The van der Waals surface area contributed by atoms with Crippen molar-refractivity contribution < 1.29 is 19.0 Å². The molecule has 0 N–H and O–H groups in total. The minimum atomic E-state index is -0.0365. The first-order valence-electron chi connectivity index (χ1n) is 10.3. The molecule has 0 radical (unpaired) electrons. The number of benzene rings is 3. The second kappa shape index (κ2) is 10.9. The summed E-state index contributed by atoms with van der Waals surface area (Å²) >= 11 is 3.51. The highest BCUT2D eigenvalue weighted by atomic mass is 79.9. The van der Waals surface area contributed by atoms with Gasteiger partial charge in [-0.3, -0.25) is 9.79 Å². The number of nitrogens with zero attached hydrogens (tertiary/aromatic N) is 2. The van der Waals surface area contributed by atoms with Gasteiger partial charge in [0.1, 0.15) is 17.2 Å². The highest BCUT2D eigenvalue weighted by Gasteiger charge is 2.17. The Morgan fingerprint density at radius 3 is 2.44 bits per heavy atom. The van der Waals surface area contributed by atoms with Gasteiger partial charge in [0.15, 0.2) is 6.61 Å². The number of hydrogen-bond acceptors (Lipinski definition) is 5. The van der Waals surface area contributed by atoms with Gasteiger partial charge in [-0.15, -0.1) is 0 Å². The SMILES string of the molecule is O=C(COc1ccc(C=Nc2ccc(Oc3ccccc3)cc2)cc1Br)N1CCOCC1. The van der Waals surface area contributed by atoms with Gasteiger partial charge in [-0.1, -0.05) is 18.2 Å². The smallest absolute Gasteiger partial charge is 0.260 e. The van der Waals surface area contributed by atoms with Crippen LogP contribution in [0.4, 0.5) is 5.69 Å². The second-order valence-corrected chi connectivity index (χ2v) is 7.99. The van der Waals surface area contributed by atoms with Gasteiger partial charge in [0.2, 0.25) is 0 Å². The van der Waals surface area contributed by atoms with Gasteiger partial charge in [0.25, 0.3) is 5.91 Å². The van der Waals surface area contributed by atoms with Crippen molar-refractivity contribution in [3.05, 3.63) is 82.8 Å². The molecule has 3 aromatic carbocycles. The van der Waals surface area contributed by atoms with Crippen LogP contribution in [0, 0.1) is 0 Å². The molecule has 1 fully saturated rings. The van der Waals surface area contributed by atoms with E-state index in [0.717, 1.165) is 27.2 Å². The summed E-state index contributed by atoms with van der Waals surface area (Å²) in [5, 5.41) is 0. The Balaban J connectivity index is 1.32. The Labute approximate surface area is 195 Å². The van der Waals surface area contributed by atoms with Gasteiger partial charge < -0.3 is 19.1 Å². The summed E-state index contributed by atoms with van der Waals surface area (Å²) in [6.45, 7) is 2.37. The molecule has 1 aliphatic heterocycles. The maximum atomic E-state index is 12.2. The third-order valence-corrected chi connectivity index (χ3v) is 5.47. The normalized spacial score (nSPS) is 13.8. The maximum Gasteiger partial charge on any atom is 0.260 e. The van der Waals surface area contributed by atoms with Crippen molar-refractivity contribution in [2.75, 3.05) is 32.9 Å². The first kappa shape index (κ1) is 22.0. The van der Waals surface area contributed by atoms with E-state index in [2.05, 4.69) is 20.9 Å². The molecule has 1 saturated heterocycles. The van der Waals surface area contributed by atoms with Crippen LogP contribution in [0.15, 0.2) is 82.3 Å². The predicted molar refractivity (Wildman–Crippen MR) is 127 cm³/mol. The summed E-state index contributed by atoms with van der Waals surface area (Å²) in [6, 6.07) is 22.9. The molecule has 0 saturated carbocycles. The summed E-state index contributed by atoms with van der Waals surface area (Å²) < 4.78 is 17.5. The van der Waals surface area contributed by atoms with Crippen LogP contribution in [0.1, 0.15) is 5.56 Å². The highest BCUT2D eigenvalue weighted by molar-refractivity contribution is 9.10. The van der Waals surface area contributed by atoms with E-state index < -0.39 is 0 Å². The van der Waals surface area contributed by atoms with Crippen molar-refractivity contribution in [1.82, 2.24) is 4.90 Å². The molecule has 0 aromatic heterocycles. The molecule has 3 aromatic rings. The Morgan fingerprint density at radius 1 is 1.00 bits per heavy atom. The van der Waals surface area contributed by atoms with Crippen LogP contribution in [0.3, 0.4) is 0 Å². The fourth-order valence-corrected chi connectivity index (χ4v) is 3.64. The fourth-order valence-electron chi connectivity index (χ4n) is 3.13. The molecule has 1 amide bonds. The lowest BCUT2D eigenvalue weighted by molar-refractivity contribution is -0.137. The molecule has 0 aliphatic carbocycles. The topological polar surface area (TPSA) is 60.4 Å². The number of morpholine rings is 1. The third kappa shape index (κ3) is 6.18. The molecular weight excluding hydrogens is 472 g/mol. The Hall–Kier alpha value is -3.16. The Bertz CT molecular complexity index is 1070. The molecule has 164 valence electrons. The summed E-state index contributed by atoms with van der Waals surface area (Å²) in [6.07, 6.45) is 1.78. The lowest BCUT2D eigenvalue weighted by Gasteiger charge is -2.26. The fraction of sp³-hybridized carbons (Fsp3) is 0.200. The molecule has 0 unspecified atom stereocenters. The maximum absolute atomic E-state index is 12.2. The average Bonchev–Trinajstić information content (AvgIpc) is 2.84. The van der Waals surface area contributed by atoms with E-state index in [1.807, 2.05) is 72.8 Å². The molecule has 4 rings (SSSR count). The zero-order chi connectivity index (χ0) is 22.2. The van der Waals surface area contributed by atoms with Gasteiger partial charge >= 0.3 is 0 Å². The predicted octanol–water partition coefficient (Wildman–Crippen LogP) is 5.23. The number of carbonyl (C=O) groups excluding carboxylic acids is 1. The lowest BCUT2D eigenvalue weighted by Crippen LogP contribution is -2.43. The van der Waals surface area contributed by atoms with Gasteiger partial charge in [-0.25, -0.2) is 0 Å². The summed E-state index contributed by atoms with van der Waals surface area (Å²) in [5.74, 6) is 2.13. The van der Waals surface area contributed by atoms with E-state index in [4.69, 9.17) is 14.2 Å². The van der Waals surface area contributed by atoms with Crippen LogP contribution in [0.2, 0.25) is 0 Å². The minimum absolute atomic E-state index is 0.00341. The minimum Gasteiger partial charge on any atom is -0.483 e. The van der Waals surface area contributed by atoms with Gasteiger partial charge in [-0.05, 0) is 76.1 Å². The molecule has 7 heteroatoms. The van der Waals surface area contributed by atoms with Crippen LogP contribution < -0.4 is 9.47 Å². The number of aliphatic imine (C=N–C) groups is 1. The Morgan fingerprint density at radius 2 is 1.72 bits per heavy atom. The van der Waals surface area contributed by atoms with Gasteiger partial charge in [0, 0.05) is 19.3 Å². The number of carbonyl (C=O) groups is 1. The second-order valence-electron chi connectivity index (χ2n) is 7.14. The Kier molecular flexibility index (Phi) is 7.53. The highest BCUT2D eigenvalue weighted by Crippen LogP contribution is 2.27.